The van der Waals surface area contributed by atoms with Gasteiger partial charge in [-0.1, -0.05) is 0 Å². The monoisotopic (exact) mass is 228 g/mol. The van der Waals surface area contributed by atoms with Gasteiger partial charge in [0.25, 0.3) is 0 Å². The van der Waals surface area contributed by atoms with E-state index in [1.807, 2.05) is 13.1 Å². The largest absolute Gasteiger partial charge is 0.342 e. The molecule has 1 N–H and O–H groups in total. The van der Waals surface area contributed by atoms with Gasteiger partial charge in [0.05, 0.1) is 0 Å². The van der Waals surface area contributed by atoms with Crippen molar-refractivity contribution in [2.24, 2.45) is 0 Å². The lowest BCUT2D eigenvalue weighted by molar-refractivity contribution is 0.193. The summed E-state index contributed by atoms with van der Waals surface area (Å²) in [6, 6.07) is 0. The molecule has 1 fully saturated rings. The lowest BCUT2D eigenvalue weighted by Gasteiger charge is -2.32. The van der Waals surface area contributed by atoms with Crippen LogP contribution in [0.2, 0.25) is 0 Å². The molecule has 4 rings (SSSR count). The molecule has 1 spiro atoms. The zero-order chi connectivity index (χ0) is 11.6. The molecule has 0 saturated heterocycles. The average molecular weight is 228 g/mol. The number of aryl methyl sites for hydroxylation is 1. The van der Waals surface area contributed by atoms with Crippen LogP contribution in [0.3, 0.4) is 0 Å². The molecule has 2 aliphatic rings. The molecule has 17 heavy (non-hydrogen) atoms. The van der Waals surface area contributed by atoms with Crippen LogP contribution in [0.15, 0.2) is 6.20 Å². The van der Waals surface area contributed by atoms with Gasteiger partial charge in [-0.3, -0.25) is 4.90 Å². The molecule has 0 aromatic carbocycles. The molecule has 4 heteroatoms. The molecule has 0 atom stereocenters. The fraction of sp³-hybridized carbons (Fsp3) is 0.538. The average Bonchev–Trinajstić information content (AvgIpc) is 2.98. The van der Waals surface area contributed by atoms with E-state index >= 15 is 0 Å². The summed E-state index contributed by atoms with van der Waals surface area (Å²) in [6.07, 6.45) is 5.81. The first-order chi connectivity index (χ1) is 8.18. The first-order valence-corrected chi connectivity index (χ1v) is 6.22. The van der Waals surface area contributed by atoms with Crippen LogP contribution >= 0.6 is 0 Å². The number of H-pyrrole nitrogens is 1. The highest BCUT2D eigenvalue weighted by Crippen LogP contribution is 2.48. The number of hydrogen-bond acceptors (Lipinski definition) is 3. The number of likely N-dealkylation sites (N-methyl/N-ethyl adjacent to an activating group) is 1. The maximum Gasteiger partial charge on any atom is 0.141 e. The van der Waals surface area contributed by atoms with E-state index in [1.165, 1.54) is 29.5 Å². The highest BCUT2D eigenvalue weighted by atomic mass is 15.2. The van der Waals surface area contributed by atoms with E-state index in [1.54, 1.807) is 0 Å². The lowest BCUT2D eigenvalue weighted by Crippen LogP contribution is -2.39. The van der Waals surface area contributed by atoms with Crippen molar-refractivity contribution in [2.75, 3.05) is 7.05 Å². The van der Waals surface area contributed by atoms with Gasteiger partial charge in [0.2, 0.25) is 0 Å². The molecule has 88 valence electrons. The fourth-order valence-electron chi connectivity index (χ4n) is 3.08. The Morgan fingerprint density at radius 3 is 3.00 bits per heavy atom. The summed E-state index contributed by atoms with van der Waals surface area (Å²) in [4.78, 5) is 14.8. The Kier molecular flexibility index (Phi) is 1.62. The maximum atomic E-state index is 4.49. The number of rotatable bonds is 0. The Hall–Kier alpha value is -1.42. The van der Waals surface area contributed by atoms with E-state index < -0.39 is 0 Å². The third-order valence-corrected chi connectivity index (χ3v) is 4.41. The van der Waals surface area contributed by atoms with Gasteiger partial charge in [0.15, 0.2) is 0 Å². The van der Waals surface area contributed by atoms with Crippen LogP contribution in [-0.4, -0.2) is 32.4 Å². The first kappa shape index (κ1) is 9.59. The van der Waals surface area contributed by atoms with Crippen molar-refractivity contribution in [2.45, 2.75) is 38.3 Å². The third kappa shape index (κ3) is 1.21. The van der Waals surface area contributed by atoms with Crippen LogP contribution < -0.4 is 0 Å². The van der Waals surface area contributed by atoms with Gasteiger partial charge < -0.3 is 4.98 Å². The molecule has 0 radical (unpaired) electrons. The van der Waals surface area contributed by atoms with Crippen LogP contribution in [0.4, 0.5) is 0 Å². The molecule has 1 aliphatic carbocycles. The molecule has 1 saturated carbocycles. The van der Waals surface area contributed by atoms with Crippen LogP contribution in [0.25, 0.3) is 11.0 Å². The second-order valence-corrected chi connectivity index (χ2v) is 5.52. The summed E-state index contributed by atoms with van der Waals surface area (Å²) in [5, 5.41) is 1.23. The number of aromatic nitrogens is 3. The topological polar surface area (TPSA) is 44.8 Å². The van der Waals surface area contributed by atoms with E-state index in [0.717, 1.165) is 24.4 Å². The van der Waals surface area contributed by atoms with Crippen molar-refractivity contribution in [3.8, 4) is 0 Å². The minimum Gasteiger partial charge on any atom is -0.342 e. The number of nitrogens with one attached hydrogen (secondary N) is 1. The SMILES string of the molecule is Cc1ncc2c3c([nH]c2n1)CN(C)C1(CC1)C3. The summed E-state index contributed by atoms with van der Waals surface area (Å²) in [7, 11) is 2.23. The Labute approximate surface area is 100 Å². The summed E-state index contributed by atoms with van der Waals surface area (Å²) in [6.45, 7) is 2.96. The predicted octanol–water partition coefficient (Wildman–Crippen LogP) is 1.79. The Balaban J connectivity index is 1.93. The molecule has 3 heterocycles. The zero-order valence-corrected chi connectivity index (χ0v) is 10.2. The standard InChI is InChI=1S/C13H16N4/c1-8-14-6-10-9-5-13(3-4-13)17(2)7-11(9)16-12(10)15-8/h6H,3-5,7H2,1-2H3,(H,14,15,16). The Morgan fingerprint density at radius 2 is 2.24 bits per heavy atom. The van der Waals surface area contributed by atoms with Crippen molar-refractivity contribution >= 4 is 11.0 Å². The van der Waals surface area contributed by atoms with E-state index in [9.17, 15) is 0 Å². The number of fused-ring (bicyclic) bond motifs is 3. The highest BCUT2D eigenvalue weighted by Gasteiger charge is 2.49. The molecule has 1 aliphatic heterocycles. The quantitative estimate of drug-likeness (QED) is 0.747. The van der Waals surface area contributed by atoms with Crippen LogP contribution in [0.1, 0.15) is 29.9 Å². The van der Waals surface area contributed by atoms with E-state index in [0.29, 0.717) is 5.54 Å². The number of hydrogen-bond donors (Lipinski definition) is 1. The normalized spacial score (nSPS) is 22.0. The molecule has 0 bridgehead atoms. The van der Waals surface area contributed by atoms with Gasteiger partial charge in [-0.2, -0.15) is 0 Å². The van der Waals surface area contributed by atoms with Crippen molar-refractivity contribution in [1.29, 1.82) is 0 Å². The van der Waals surface area contributed by atoms with Gasteiger partial charge in [0.1, 0.15) is 11.5 Å². The minimum atomic E-state index is 0.451. The Bertz CT molecular complexity index is 609. The highest BCUT2D eigenvalue weighted by molar-refractivity contribution is 5.81. The second-order valence-electron chi connectivity index (χ2n) is 5.52. The van der Waals surface area contributed by atoms with Crippen LogP contribution in [-0.2, 0) is 13.0 Å². The fourth-order valence-corrected chi connectivity index (χ4v) is 3.08. The smallest absolute Gasteiger partial charge is 0.141 e. The van der Waals surface area contributed by atoms with Crippen molar-refractivity contribution in [1.82, 2.24) is 19.9 Å². The first-order valence-electron chi connectivity index (χ1n) is 6.22. The van der Waals surface area contributed by atoms with E-state index in [2.05, 4.69) is 26.9 Å². The Morgan fingerprint density at radius 1 is 1.41 bits per heavy atom. The van der Waals surface area contributed by atoms with Gasteiger partial charge in [0, 0.05) is 29.4 Å². The maximum absolute atomic E-state index is 4.49. The van der Waals surface area contributed by atoms with Crippen molar-refractivity contribution in [3.63, 3.8) is 0 Å². The zero-order valence-electron chi connectivity index (χ0n) is 10.2. The van der Waals surface area contributed by atoms with Gasteiger partial charge in [-0.15, -0.1) is 0 Å². The van der Waals surface area contributed by atoms with E-state index in [-0.39, 0.29) is 0 Å². The molecule has 0 amide bonds. The second kappa shape index (κ2) is 2.88. The number of aromatic amines is 1. The molecule has 2 aromatic rings. The van der Waals surface area contributed by atoms with Crippen LogP contribution in [0.5, 0.6) is 0 Å². The summed E-state index contributed by atoms with van der Waals surface area (Å²) >= 11 is 0. The summed E-state index contributed by atoms with van der Waals surface area (Å²) in [5.74, 6) is 0.839. The third-order valence-electron chi connectivity index (χ3n) is 4.41. The van der Waals surface area contributed by atoms with Gasteiger partial charge >= 0.3 is 0 Å². The lowest BCUT2D eigenvalue weighted by atomic mass is 9.96. The van der Waals surface area contributed by atoms with Gasteiger partial charge in [-0.25, -0.2) is 9.97 Å². The van der Waals surface area contributed by atoms with E-state index in [4.69, 9.17) is 0 Å². The predicted molar refractivity (Wildman–Crippen MR) is 65.8 cm³/mol. The van der Waals surface area contributed by atoms with Crippen LogP contribution in [0, 0.1) is 6.92 Å². The van der Waals surface area contributed by atoms with Crippen molar-refractivity contribution in [3.05, 3.63) is 23.3 Å². The molecule has 0 unspecified atom stereocenters. The minimum absolute atomic E-state index is 0.451. The molecular formula is C13H16N4. The summed E-state index contributed by atoms with van der Waals surface area (Å²) in [5.41, 5.74) is 4.25. The number of nitrogens with zero attached hydrogens (tertiary/aromatic N) is 3. The molecule has 2 aromatic heterocycles. The molecule has 4 nitrogen and oxygen atoms in total. The van der Waals surface area contributed by atoms with Crippen molar-refractivity contribution < 1.29 is 0 Å². The summed E-state index contributed by atoms with van der Waals surface area (Å²) < 4.78 is 0. The molecular weight excluding hydrogens is 212 g/mol. The van der Waals surface area contributed by atoms with Gasteiger partial charge in [-0.05, 0) is 38.8 Å².